The fraction of sp³-hybridized carbons (Fsp3) is 0.455. The number of benzene rings is 1. The lowest BCUT2D eigenvalue weighted by molar-refractivity contribution is -0.131. The molecule has 2 aliphatic rings. The van der Waals surface area contributed by atoms with Gasteiger partial charge < -0.3 is 19.8 Å². The maximum Gasteiger partial charge on any atom is 0.290 e. The number of aromatic nitrogens is 2. The summed E-state index contributed by atoms with van der Waals surface area (Å²) < 4.78 is 7.15. The molecule has 1 aromatic carbocycles. The van der Waals surface area contributed by atoms with Crippen LogP contribution in [0.2, 0.25) is 0 Å². The zero-order chi connectivity index (χ0) is 23.5. The first-order valence-electron chi connectivity index (χ1n) is 10.3. The standard InChI is InChI=1S/C20H26N4O2.2CH2O2/c1-3-24-11-16(8-21-24)9-22-12-17-13-23(20(25)19(17)14-22)10-15-4-6-18(26-2)7-5-15;2*2-1-3/h4-8,11,17,19H,3,9-10,12-14H2,1-2H3;2*1H,(H,2,3)/t17-,19-;;/m0../s1. The lowest BCUT2D eigenvalue weighted by Crippen LogP contribution is -2.32. The molecule has 2 aromatic rings. The molecule has 0 aliphatic carbocycles. The molecule has 2 saturated heterocycles. The second-order valence-corrected chi connectivity index (χ2v) is 7.54. The fourth-order valence-electron chi connectivity index (χ4n) is 4.18. The summed E-state index contributed by atoms with van der Waals surface area (Å²) >= 11 is 0. The molecule has 0 unspecified atom stereocenters. The van der Waals surface area contributed by atoms with Crippen molar-refractivity contribution in [2.24, 2.45) is 11.8 Å². The molecule has 2 N–H and O–H groups in total. The van der Waals surface area contributed by atoms with Crippen LogP contribution in [0.1, 0.15) is 18.1 Å². The normalized spacial score (nSPS) is 19.3. The van der Waals surface area contributed by atoms with Crippen LogP contribution in [0.15, 0.2) is 36.7 Å². The number of aryl methyl sites for hydroxylation is 1. The summed E-state index contributed by atoms with van der Waals surface area (Å²) in [4.78, 5) is 34.0. The third-order valence-corrected chi connectivity index (χ3v) is 5.55. The van der Waals surface area contributed by atoms with Crippen molar-refractivity contribution in [1.82, 2.24) is 19.6 Å². The third kappa shape index (κ3) is 6.55. The molecule has 2 aliphatic heterocycles. The van der Waals surface area contributed by atoms with Crippen LogP contribution in [-0.2, 0) is 34.0 Å². The molecule has 1 amide bonds. The quantitative estimate of drug-likeness (QED) is 0.638. The van der Waals surface area contributed by atoms with Gasteiger partial charge in [0.2, 0.25) is 5.91 Å². The van der Waals surface area contributed by atoms with Gasteiger partial charge in [0, 0.05) is 56.9 Å². The predicted octanol–water partition coefficient (Wildman–Crippen LogP) is 1.40. The number of ether oxygens (including phenoxy) is 1. The van der Waals surface area contributed by atoms with Gasteiger partial charge in [0.1, 0.15) is 5.75 Å². The highest BCUT2D eigenvalue weighted by atomic mass is 16.5. The first kappa shape index (κ1) is 24.9. The van der Waals surface area contributed by atoms with Crippen LogP contribution in [0.5, 0.6) is 5.75 Å². The summed E-state index contributed by atoms with van der Waals surface area (Å²) in [5.74, 6) is 1.74. The van der Waals surface area contributed by atoms with E-state index in [2.05, 4.69) is 23.1 Å². The van der Waals surface area contributed by atoms with Crippen LogP contribution in [0.3, 0.4) is 0 Å². The summed E-state index contributed by atoms with van der Waals surface area (Å²) in [6.07, 6.45) is 4.04. The van der Waals surface area contributed by atoms with Crippen LogP contribution in [0.4, 0.5) is 0 Å². The zero-order valence-electron chi connectivity index (χ0n) is 18.3. The molecule has 0 spiro atoms. The van der Waals surface area contributed by atoms with Crippen molar-refractivity contribution >= 4 is 18.9 Å². The molecule has 3 heterocycles. The lowest BCUT2D eigenvalue weighted by atomic mass is 10.0. The topological polar surface area (TPSA) is 125 Å². The van der Waals surface area contributed by atoms with E-state index in [0.29, 0.717) is 18.4 Å². The first-order chi connectivity index (χ1) is 15.5. The minimum Gasteiger partial charge on any atom is -0.497 e. The number of methoxy groups -OCH3 is 1. The average molecular weight is 447 g/mol. The molecule has 0 radical (unpaired) electrons. The van der Waals surface area contributed by atoms with Crippen molar-refractivity contribution in [3.05, 3.63) is 47.8 Å². The number of amides is 1. The molecule has 0 saturated carbocycles. The number of hydrogen-bond acceptors (Lipinski definition) is 6. The van der Waals surface area contributed by atoms with E-state index in [0.717, 1.165) is 44.0 Å². The van der Waals surface area contributed by atoms with Gasteiger partial charge in [-0.1, -0.05) is 12.1 Å². The number of hydrogen-bond donors (Lipinski definition) is 2. The van der Waals surface area contributed by atoms with Gasteiger partial charge in [0.15, 0.2) is 0 Å². The zero-order valence-corrected chi connectivity index (χ0v) is 18.3. The van der Waals surface area contributed by atoms with Crippen LogP contribution in [-0.4, -0.2) is 75.4 Å². The summed E-state index contributed by atoms with van der Waals surface area (Å²) in [7, 11) is 1.67. The largest absolute Gasteiger partial charge is 0.497 e. The number of fused-ring (bicyclic) bond motifs is 1. The van der Waals surface area contributed by atoms with E-state index in [1.54, 1.807) is 7.11 Å². The molecule has 32 heavy (non-hydrogen) atoms. The molecule has 0 bridgehead atoms. The summed E-state index contributed by atoms with van der Waals surface area (Å²) in [5, 5.41) is 18.1. The van der Waals surface area contributed by atoms with E-state index in [9.17, 15) is 4.79 Å². The van der Waals surface area contributed by atoms with Gasteiger partial charge in [-0.25, -0.2) is 0 Å². The number of likely N-dealkylation sites (tertiary alicyclic amines) is 2. The van der Waals surface area contributed by atoms with E-state index < -0.39 is 0 Å². The third-order valence-electron chi connectivity index (χ3n) is 5.55. The minimum atomic E-state index is -0.250. The van der Waals surface area contributed by atoms with Gasteiger partial charge in [0.25, 0.3) is 12.9 Å². The van der Waals surface area contributed by atoms with Crippen LogP contribution in [0, 0.1) is 11.8 Å². The Hall–Kier alpha value is -3.40. The van der Waals surface area contributed by atoms with Crippen molar-refractivity contribution in [2.45, 2.75) is 26.6 Å². The fourth-order valence-corrected chi connectivity index (χ4v) is 4.18. The van der Waals surface area contributed by atoms with E-state index in [1.165, 1.54) is 5.56 Å². The number of rotatable bonds is 6. The van der Waals surface area contributed by atoms with Gasteiger partial charge in [-0.2, -0.15) is 5.10 Å². The van der Waals surface area contributed by atoms with Gasteiger partial charge in [-0.15, -0.1) is 0 Å². The van der Waals surface area contributed by atoms with Crippen LogP contribution < -0.4 is 4.74 Å². The van der Waals surface area contributed by atoms with Crippen molar-refractivity contribution in [2.75, 3.05) is 26.7 Å². The Bertz CT molecular complexity index is 864. The van der Waals surface area contributed by atoms with Gasteiger partial charge in [-0.05, 0) is 24.6 Å². The Balaban J connectivity index is 0.000000547. The van der Waals surface area contributed by atoms with E-state index in [4.69, 9.17) is 24.5 Å². The predicted molar refractivity (Wildman–Crippen MR) is 116 cm³/mol. The number of carbonyl (C=O) groups is 3. The Labute approximate surface area is 187 Å². The molecular weight excluding hydrogens is 416 g/mol. The monoisotopic (exact) mass is 446 g/mol. The average Bonchev–Trinajstić information content (AvgIpc) is 3.47. The van der Waals surface area contributed by atoms with Crippen molar-refractivity contribution in [3.8, 4) is 5.75 Å². The second-order valence-electron chi connectivity index (χ2n) is 7.54. The smallest absolute Gasteiger partial charge is 0.290 e. The highest BCUT2D eigenvalue weighted by Crippen LogP contribution is 2.33. The Morgan fingerprint density at radius 2 is 1.72 bits per heavy atom. The van der Waals surface area contributed by atoms with E-state index >= 15 is 0 Å². The van der Waals surface area contributed by atoms with Gasteiger partial charge in [-0.3, -0.25) is 24.0 Å². The second kappa shape index (κ2) is 12.5. The summed E-state index contributed by atoms with van der Waals surface area (Å²) in [5.41, 5.74) is 2.39. The van der Waals surface area contributed by atoms with Crippen molar-refractivity contribution < 1.29 is 29.3 Å². The number of nitrogens with zero attached hydrogens (tertiary/aromatic N) is 4. The molecule has 10 heteroatoms. The maximum absolute atomic E-state index is 12.8. The highest BCUT2D eigenvalue weighted by molar-refractivity contribution is 5.82. The summed E-state index contributed by atoms with van der Waals surface area (Å²) in [6.45, 7) is 6.78. The highest BCUT2D eigenvalue weighted by Gasteiger charge is 2.45. The Morgan fingerprint density at radius 1 is 1.06 bits per heavy atom. The minimum absolute atomic E-state index is 0.148. The molecule has 174 valence electrons. The maximum atomic E-state index is 12.8. The number of carboxylic acid groups (broad SMARTS) is 2. The SMILES string of the molecule is CCn1cc(CN2C[C@H]3CN(Cc4ccc(OC)cc4)C(=O)[C@H]3C2)cn1.O=CO.O=CO. The van der Waals surface area contributed by atoms with Crippen LogP contribution >= 0.6 is 0 Å². The van der Waals surface area contributed by atoms with E-state index in [-0.39, 0.29) is 18.9 Å². The molecule has 10 nitrogen and oxygen atoms in total. The summed E-state index contributed by atoms with van der Waals surface area (Å²) in [6, 6.07) is 7.99. The lowest BCUT2D eigenvalue weighted by Gasteiger charge is -2.21. The molecule has 4 rings (SSSR count). The molecule has 2 atom stereocenters. The van der Waals surface area contributed by atoms with Crippen molar-refractivity contribution in [1.29, 1.82) is 0 Å². The Kier molecular flexibility index (Phi) is 9.68. The number of carbonyl (C=O) groups excluding carboxylic acids is 1. The van der Waals surface area contributed by atoms with Crippen LogP contribution in [0.25, 0.3) is 0 Å². The molecule has 1 aromatic heterocycles. The Morgan fingerprint density at radius 3 is 2.25 bits per heavy atom. The van der Waals surface area contributed by atoms with E-state index in [1.807, 2.05) is 40.0 Å². The van der Waals surface area contributed by atoms with Gasteiger partial charge in [0.05, 0.1) is 19.2 Å². The van der Waals surface area contributed by atoms with Crippen molar-refractivity contribution in [3.63, 3.8) is 0 Å². The molecule has 2 fully saturated rings. The molecular formula is C22H30N4O6. The van der Waals surface area contributed by atoms with Gasteiger partial charge >= 0.3 is 0 Å². The first-order valence-corrected chi connectivity index (χ1v) is 10.3.